The number of hydrogen-bond acceptors (Lipinski definition) is 5. The minimum absolute atomic E-state index is 0.428. The van der Waals surface area contributed by atoms with Gasteiger partial charge in [-0.25, -0.2) is 4.79 Å². The number of likely N-dealkylation sites (N-methyl/N-ethyl adjacent to an activating group) is 2. The molecule has 82 valence electrons. The highest BCUT2D eigenvalue weighted by molar-refractivity contribution is 6.47. The molecular formula is C6H6ClN3O5. The molecule has 0 atom stereocenters. The number of barbiturate groups is 1. The van der Waals surface area contributed by atoms with E-state index in [0.717, 1.165) is 14.1 Å². The van der Waals surface area contributed by atoms with Crippen LogP contribution in [0.5, 0.6) is 0 Å². The van der Waals surface area contributed by atoms with Gasteiger partial charge in [-0.15, -0.1) is 0 Å². The van der Waals surface area contributed by atoms with Crippen LogP contribution in [-0.2, 0) is 9.59 Å². The Morgan fingerprint density at radius 1 is 1.20 bits per heavy atom. The van der Waals surface area contributed by atoms with Gasteiger partial charge in [-0.3, -0.25) is 29.5 Å². The highest BCUT2D eigenvalue weighted by atomic mass is 35.5. The Hall–Kier alpha value is -1.70. The van der Waals surface area contributed by atoms with E-state index in [9.17, 15) is 24.5 Å². The number of hydrogen-bond donors (Lipinski definition) is 0. The lowest BCUT2D eigenvalue weighted by Gasteiger charge is -2.32. The molecule has 1 aliphatic rings. The maximum absolute atomic E-state index is 11.3. The highest BCUT2D eigenvalue weighted by Crippen LogP contribution is 2.26. The van der Waals surface area contributed by atoms with Crippen molar-refractivity contribution in [3.05, 3.63) is 10.1 Å². The number of carbonyl (C=O) groups excluding carboxylic acids is 3. The molecule has 1 aliphatic heterocycles. The number of imide groups is 2. The van der Waals surface area contributed by atoms with Gasteiger partial charge in [-0.1, -0.05) is 0 Å². The van der Waals surface area contributed by atoms with Gasteiger partial charge in [0.05, 0.1) is 4.92 Å². The van der Waals surface area contributed by atoms with Crippen LogP contribution in [0.15, 0.2) is 0 Å². The predicted octanol–water partition coefficient (Wildman–Crippen LogP) is -0.751. The Labute approximate surface area is 88.5 Å². The van der Waals surface area contributed by atoms with Crippen LogP contribution in [0.1, 0.15) is 0 Å². The first kappa shape index (κ1) is 11.4. The summed E-state index contributed by atoms with van der Waals surface area (Å²) in [6, 6.07) is -0.955. The van der Waals surface area contributed by atoms with Crippen LogP contribution in [0.3, 0.4) is 0 Å². The van der Waals surface area contributed by atoms with Crippen LogP contribution < -0.4 is 0 Å². The average molecular weight is 236 g/mol. The molecule has 1 heterocycles. The first-order chi connectivity index (χ1) is 6.74. The molecule has 0 N–H and O–H groups in total. The van der Waals surface area contributed by atoms with Crippen molar-refractivity contribution in [3.8, 4) is 0 Å². The lowest BCUT2D eigenvalue weighted by molar-refractivity contribution is -0.513. The summed E-state index contributed by atoms with van der Waals surface area (Å²) in [6.45, 7) is 0. The Morgan fingerprint density at radius 2 is 1.53 bits per heavy atom. The normalized spacial score (nSPS) is 20.9. The molecule has 0 aromatic rings. The van der Waals surface area contributed by atoms with E-state index in [-0.39, 0.29) is 0 Å². The second kappa shape index (κ2) is 3.16. The van der Waals surface area contributed by atoms with Gasteiger partial charge in [0.25, 0.3) is 0 Å². The fourth-order valence-electron chi connectivity index (χ4n) is 1.09. The molecule has 0 radical (unpaired) electrons. The van der Waals surface area contributed by atoms with Crippen molar-refractivity contribution in [1.82, 2.24) is 9.80 Å². The highest BCUT2D eigenvalue weighted by Gasteiger charge is 2.65. The SMILES string of the molecule is CN1C(=O)N(C)C(=O)C(Cl)([N+](=O)[O-])C1=O. The van der Waals surface area contributed by atoms with Crippen molar-refractivity contribution in [1.29, 1.82) is 0 Å². The third kappa shape index (κ3) is 1.25. The van der Waals surface area contributed by atoms with Gasteiger partial charge < -0.3 is 0 Å². The Balaban J connectivity index is 3.31. The molecule has 9 heteroatoms. The number of rotatable bonds is 1. The summed E-state index contributed by atoms with van der Waals surface area (Å²) in [5.74, 6) is -2.72. The number of amides is 4. The Kier molecular flexibility index (Phi) is 2.40. The lowest BCUT2D eigenvalue weighted by atomic mass is 10.2. The zero-order valence-corrected chi connectivity index (χ0v) is 8.52. The Bertz CT molecular complexity index is 357. The molecule has 1 rings (SSSR count). The third-order valence-electron chi connectivity index (χ3n) is 2.00. The fourth-order valence-corrected chi connectivity index (χ4v) is 1.34. The molecule has 0 unspecified atom stereocenters. The number of halogens is 1. The van der Waals surface area contributed by atoms with Crippen LogP contribution in [0.2, 0.25) is 0 Å². The van der Waals surface area contributed by atoms with Crippen molar-refractivity contribution >= 4 is 29.4 Å². The van der Waals surface area contributed by atoms with Gasteiger partial charge in [0.15, 0.2) is 0 Å². The van der Waals surface area contributed by atoms with Gasteiger partial charge in [0, 0.05) is 14.1 Å². The van der Waals surface area contributed by atoms with Gasteiger partial charge in [-0.05, 0) is 11.6 Å². The van der Waals surface area contributed by atoms with E-state index in [1.807, 2.05) is 0 Å². The number of urea groups is 1. The fraction of sp³-hybridized carbons (Fsp3) is 0.500. The van der Waals surface area contributed by atoms with Crippen LogP contribution in [0, 0.1) is 10.1 Å². The van der Waals surface area contributed by atoms with Gasteiger partial charge >= 0.3 is 22.8 Å². The molecule has 0 spiro atoms. The summed E-state index contributed by atoms with van der Waals surface area (Å²) in [5, 5.41) is 10.6. The summed E-state index contributed by atoms with van der Waals surface area (Å²) in [6.07, 6.45) is 0. The molecule has 0 saturated carbocycles. The number of nitro groups is 1. The number of alkyl halides is 1. The summed E-state index contributed by atoms with van der Waals surface area (Å²) in [5.41, 5.74) is 0. The third-order valence-corrected chi connectivity index (χ3v) is 2.46. The zero-order chi connectivity index (χ0) is 12.0. The smallest absolute Gasteiger partial charge is 0.264 e. The number of nitrogens with zero attached hydrogens (tertiary/aromatic N) is 3. The summed E-state index contributed by atoms with van der Waals surface area (Å²) >= 11 is 5.33. The van der Waals surface area contributed by atoms with Crippen molar-refractivity contribution in [2.45, 2.75) is 5.00 Å². The van der Waals surface area contributed by atoms with E-state index in [4.69, 9.17) is 11.6 Å². The molecule has 1 saturated heterocycles. The standard InChI is InChI=1S/C6H6ClN3O5/c1-8-3(11)6(7,10(14)15)4(12)9(2)5(8)13/h1-2H3. The van der Waals surface area contributed by atoms with Gasteiger partial charge in [0.1, 0.15) is 0 Å². The second-order valence-corrected chi connectivity index (χ2v) is 3.44. The summed E-state index contributed by atoms with van der Waals surface area (Å²) in [7, 11) is 2.02. The largest absolute Gasteiger partial charge is 0.450 e. The van der Waals surface area contributed by atoms with Crippen LogP contribution >= 0.6 is 11.6 Å². The summed E-state index contributed by atoms with van der Waals surface area (Å²) < 4.78 is 0. The van der Waals surface area contributed by atoms with E-state index < -0.39 is 27.8 Å². The second-order valence-electron chi connectivity index (χ2n) is 2.89. The zero-order valence-electron chi connectivity index (χ0n) is 7.76. The molecule has 0 aliphatic carbocycles. The van der Waals surface area contributed by atoms with Crippen LogP contribution in [0.4, 0.5) is 4.79 Å². The maximum atomic E-state index is 11.3. The van der Waals surface area contributed by atoms with Gasteiger partial charge in [-0.2, -0.15) is 0 Å². The van der Waals surface area contributed by atoms with E-state index in [0.29, 0.717) is 9.80 Å². The molecule has 1 fully saturated rings. The quantitative estimate of drug-likeness (QED) is 0.196. The predicted molar refractivity (Wildman–Crippen MR) is 46.5 cm³/mol. The lowest BCUT2D eigenvalue weighted by Crippen LogP contribution is -2.67. The van der Waals surface area contributed by atoms with E-state index in [1.165, 1.54) is 0 Å². The average Bonchev–Trinajstić information content (AvgIpc) is 2.20. The minimum atomic E-state index is -2.93. The molecule has 0 bridgehead atoms. The van der Waals surface area contributed by atoms with Crippen molar-refractivity contribution in [3.63, 3.8) is 0 Å². The maximum Gasteiger partial charge on any atom is 0.450 e. The molecule has 4 amide bonds. The molecule has 8 nitrogen and oxygen atoms in total. The first-order valence-electron chi connectivity index (χ1n) is 3.68. The topological polar surface area (TPSA) is 101 Å². The van der Waals surface area contributed by atoms with Crippen molar-refractivity contribution < 1.29 is 19.3 Å². The van der Waals surface area contributed by atoms with Crippen LogP contribution in [0.25, 0.3) is 0 Å². The van der Waals surface area contributed by atoms with E-state index >= 15 is 0 Å². The van der Waals surface area contributed by atoms with Crippen molar-refractivity contribution in [2.24, 2.45) is 0 Å². The Morgan fingerprint density at radius 3 is 1.80 bits per heavy atom. The van der Waals surface area contributed by atoms with Crippen LogP contribution in [-0.4, -0.2) is 51.7 Å². The van der Waals surface area contributed by atoms with E-state index in [1.54, 1.807) is 0 Å². The number of carbonyl (C=O) groups is 3. The molecule has 15 heavy (non-hydrogen) atoms. The van der Waals surface area contributed by atoms with E-state index in [2.05, 4.69) is 0 Å². The first-order valence-corrected chi connectivity index (χ1v) is 4.06. The molecular weight excluding hydrogens is 230 g/mol. The minimum Gasteiger partial charge on any atom is -0.264 e. The monoisotopic (exact) mass is 235 g/mol. The summed E-state index contributed by atoms with van der Waals surface area (Å²) in [4.78, 5) is 41.1. The molecule has 0 aromatic carbocycles. The van der Waals surface area contributed by atoms with Gasteiger partial charge in [0.2, 0.25) is 0 Å². The molecule has 0 aromatic heterocycles. The van der Waals surface area contributed by atoms with Crippen molar-refractivity contribution in [2.75, 3.05) is 14.1 Å².